The van der Waals surface area contributed by atoms with Crippen LogP contribution in [0.1, 0.15) is 10.4 Å². The molecule has 1 aromatic carbocycles. The Bertz CT molecular complexity index is 453. The van der Waals surface area contributed by atoms with E-state index in [9.17, 15) is 9.90 Å². The number of rotatable bonds is 2. The third-order valence-electron chi connectivity index (χ3n) is 2.79. The highest BCUT2D eigenvalue weighted by Gasteiger charge is 2.25. The molecule has 0 spiro atoms. The highest BCUT2D eigenvalue weighted by atomic mass is 79.9. The molecule has 0 aromatic heterocycles. The summed E-state index contributed by atoms with van der Waals surface area (Å²) in [6.07, 6.45) is 0.0142. The Morgan fingerprint density at radius 2 is 2.33 bits per heavy atom. The van der Waals surface area contributed by atoms with Gasteiger partial charge in [-0.05, 0) is 18.2 Å². The van der Waals surface area contributed by atoms with Gasteiger partial charge in [0.2, 0.25) is 0 Å². The Labute approximate surface area is 122 Å². The molecular formula is C12H13Br2NO3. The fraction of sp³-hybridized carbons (Fsp3) is 0.417. The molecule has 0 radical (unpaired) electrons. The minimum Gasteiger partial charge on any atom is -0.507 e. The van der Waals surface area contributed by atoms with E-state index in [1.54, 1.807) is 17.0 Å². The van der Waals surface area contributed by atoms with Gasteiger partial charge in [-0.3, -0.25) is 4.79 Å². The number of aromatic hydroxyl groups is 1. The highest BCUT2D eigenvalue weighted by molar-refractivity contribution is 9.10. The predicted octanol–water partition coefficient (Wildman–Crippen LogP) is 2.39. The van der Waals surface area contributed by atoms with Gasteiger partial charge in [0.15, 0.2) is 0 Å². The first kappa shape index (κ1) is 13.8. The Balaban J connectivity index is 2.15. The van der Waals surface area contributed by atoms with Gasteiger partial charge in [-0.25, -0.2) is 0 Å². The van der Waals surface area contributed by atoms with E-state index < -0.39 is 0 Å². The van der Waals surface area contributed by atoms with E-state index in [0.717, 1.165) is 4.47 Å². The van der Waals surface area contributed by atoms with Crippen LogP contribution >= 0.6 is 31.9 Å². The van der Waals surface area contributed by atoms with Crippen molar-refractivity contribution < 1.29 is 14.6 Å². The number of phenols is 1. The fourth-order valence-electron chi connectivity index (χ4n) is 1.85. The van der Waals surface area contributed by atoms with Crippen molar-refractivity contribution in [3.63, 3.8) is 0 Å². The number of hydrogen-bond acceptors (Lipinski definition) is 3. The maximum Gasteiger partial charge on any atom is 0.257 e. The molecule has 6 heteroatoms. The van der Waals surface area contributed by atoms with Crippen molar-refractivity contribution in [2.75, 3.05) is 25.0 Å². The van der Waals surface area contributed by atoms with E-state index in [1.807, 2.05) is 0 Å². The van der Waals surface area contributed by atoms with E-state index in [2.05, 4.69) is 31.9 Å². The standard InChI is InChI=1S/C12H13Br2NO3/c13-6-9-7-15(3-4-18-9)12(17)10-2-1-8(14)5-11(10)16/h1-2,5,9,16H,3-4,6-7H2. The van der Waals surface area contributed by atoms with Crippen LogP contribution < -0.4 is 0 Å². The van der Waals surface area contributed by atoms with E-state index in [4.69, 9.17) is 4.74 Å². The van der Waals surface area contributed by atoms with Crippen LogP contribution in [0.15, 0.2) is 22.7 Å². The average Bonchev–Trinajstić information content (AvgIpc) is 2.38. The number of halogens is 2. The molecule has 1 atom stereocenters. The second-order valence-corrected chi connectivity index (χ2v) is 5.62. The third kappa shape index (κ3) is 3.05. The summed E-state index contributed by atoms with van der Waals surface area (Å²) in [6, 6.07) is 4.89. The Kier molecular flexibility index (Phi) is 4.64. The molecule has 98 valence electrons. The molecule has 0 aliphatic carbocycles. The zero-order valence-electron chi connectivity index (χ0n) is 9.60. The van der Waals surface area contributed by atoms with Gasteiger partial charge in [-0.2, -0.15) is 0 Å². The molecule has 1 aliphatic heterocycles. The lowest BCUT2D eigenvalue weighted by Crippen LogP contribution is -2.46. The number of carbonyl (C=O) groups excluding carboxylic acids is 1. The number of phenolic OH excluding ortho intramolecular Hbond substituents is 1. The normalized spacial score (nSPS) is 19.9. The molecule has 0 bridgehead atoms. The van der Waals surface area contributed by atoms with Gasteiger partial charge >= 0.3 is 0 Å². The van der Waals surface area contributed by atoms with E-state index in [1.165, 1.54) is 6.07 Å². The molecule has 2 rings (SSSR count). The van der Waals surface area contributed by atoms with Gasteiger partial charge in [-0.1, -0.05) is 31.9 Å². The van der Waals surface area contributed by atoms with Crippen LogP contribution in [-0.4, -0.2) is 47.0 Å². The topological polar surface area (TPSA) is 49.8 Å². The number of amides is 1. The summed E-state index contributed by atoms with van der Waals surface area (Å²) >= 11 is 6.60. The summed E-state index contributed by atoms with van der Waals surface area (Å²) in [5.74, 6) is -0.162. The Morgan fingerprint density at radius 1 is 1.56 bits per heavy atom. The van der Waals surface area contributed by atoms with Gasteiger partial charge in [-0.15, -0.1) is 0 Å². The monoisotopic (exact) mass is 377 g/mol. The molecule has 1 unspecified atom stereocenters. The number of alkyl halides is 1. The molecule has 0 saturated carbocycles. The predicted molar refractivity (Wildman–Crippen MR) is 75.2 cm³/mol. The minimum absolute atomic E-state index is 0.00346. The maximum absolute atomic E-state index is 12.3. The van der Waals surface area contributed by atoms with Crippen molar-refractivity contribution in [3.8, 4) is 5.75 Å². The van der Waals surface area contributed by atoms with Crippen molar-refractivity contribution in [1.82, 2.24) is 4.90 Å². The molecule has 1 N–H and O–H groups in total. The largest absolute Gasteiger partial charge is 0.507 e. The average molecular weight is 379 g/mol. The summed E-state index contributed by atoms with van der Waals surface area (Å²) in [5, 5.41) is 10.5. The fourth-order valence-corrected chi connectivity index (χ4v) is 2.59. The summed E-state index contributed by atoms with van der Waals surface area (Å²) < 4.78 is 6.23. The SMILES string of the molecule is O=C(c1ccc(Br)cc1O)N1CCOC(CBr)C1. The Hall–Kier alpha value is -0.590. The second kappa shape index (κ2) is 6.04. The van der Waals surface area contributed by atoms with Crippen molar-refractivity contribution in [2.45, 2.75) is 6.10 Å². The number of hydrogen-bond donors (Lipinski definition) is 1. The number of ether oxygens (including phenoxy) is 1. The van der Waals surface area contributed by atoms with Gasteiger partial charge in [0, 0.05) is 22.9 Å². The molecule has 1 saturated heterocycles. The van der Waals surface area contributed by atoms with Crippen molar-refractivity contribution in [2.24, 2.45) is 0 Å². The molecule has 1 aliphatic rings. The lowest BCUT2D eigenvalue weighted by atomic mass is 10.1. The van der Waals surface area contributed by atoms with Crippen LogP contribution in [0.3, 0.4) is 0 Å². The van der Waals surface area contributed by atoms with Crippen LogP contribution in [-0.2, 0) is 4.74 Å². The number of carbonyl (C=O) groups is 1. The van der Waals surface area contributed by atoms with Crippen LogP contribution in [0.2, 0.25) is 0 Å². The van der Waals surface area contributed by atoms with Crippen molar-refractivity contribution in [3.05, 3.63) is 28.2 Å². The van der Waals surface area contributed by atoms with E-state index >= 15 is 0 Å². The zero-order chi connectivity index (χ0) is 13.1. The molecule has 1 fully saturated rings. The summed E-state index contributed by atoms with van der Waals surface area (Å²) in [7, 11) is 0. The molecule has 4 nitrogen and oxygen atoms in total. The molecule has 1 heterocycles. The van der Waals surface area contributed by atoms with Gasteiger partial charge < -0.3 is 14.7 Å². The van der Waals surface area contributed by atoms with Crippen LogP contribution in [0.25, 0.3) is 0 Å². The second-order valence-electron chi connectivity index (χ2n) is 4.06. The summed E-state index contributed by atoms with van der Waals surface area (Å²) in [5.41, 5.74) is 0.327. The van der Waals surface area contributed by atoms with Crippen LogP contribution in [0.4, 0.5) is 0 Å². The Morgan fingerprint density at radius 3 is 3.00 bits per heavy atom. The van der Waals surface area contributed by atoms with Crippen LogP contribution in [0, 0.1) is 0 Å². The molecule has 1 aromatic rings. The van der Waals surface area contributed by atoms with Gasteiger partial charge in [0.25, 0.3) is 5.91 Å². The minimum atomic E-state index is -0.158. The van der Waals surface area contributed by atoms with Crippen molar-refractivity contribution in [1.29, 1.82) is 0 Å². The van der Waals surface area contributed by atoms with Crippen LogP contribution in [0.5, 0.6) is 5.75 Å². The summed E-state index contributed by atoms with van der Waals surface area (Å²) in [4.78, 5) is 14.0. The first-order chi connectivity index (χ1) is 8.61. The number of nitrogens with zero attached hydrogens (tertiary/aromatic N) is 1. The zero-order valence-corrected chi connectivity index (χ0v) is 12.8. The summed E-state index contributed by atoms with van der Waals surface area (Å²) in [6.45, 7) is 1.62. The van der Waals surface area contributed by atoms with E-state index in [0.29, 0.717) is 30.6 Å². The lowest BCUT2D eigenvalue weighted by molar-refractivity contribution is -0.00975. The highest BCUT2D eigenvalue weighted by Crippen LogP contribution is 2.24. The first-order valence-corrected chi connectivity index (χ1v) is 7.48. The maximum atomic E-state index is 12.3. The molecular weight excluding hydrogens is 366 g/mol. The molecule has 1 amide bonds. The quantitative estimate of drug-likeness (QED) is 0.804. The number of benzene rings is 1. The van der Waals surface area contributed by atoms with E-state index in [-0.39, 0.29) is 17.8 Å². The molecule has 18 heavy (non-hydrogen) atoms. The third-order valence-corrected chi connectivity index (χ3v) is 4.00. The lowest BCUT2D eigenvalue weighted by Gasteiger charge is -2.32. The number of morpholine rings is 1. The smallest absolute Gasteiger partial charge is 0.257 e. The van der Waals surface area contributed by atoms with Gasteiger partial charge in [0.05, 0.1) is 18.3 Å². The first-order valence-electron chi connectivity index (χ1n) is 5.57. The van der Waals surface area contributed by atoms with Gasteiger partial charge in [0.1, 0.15) is 5.75 Å². The van der Waals surface area contributed by atoms with Crippen molar-refractivity contribution >= 4 is 37.8 Å².